The minimum absolute atomic E-state index is 0.520. The van der Waals surface area contributed by atoms with E-state index in [1.165, 1.54) is 126 Å². The Hall–Kier alpha value is -8.78. The molecule has 1 heterocycles. The standard InChI is InChI=1S/C68H42O/c1-3-4-17-42-37-58-57-39-44(32-35-61(57)69-62(58)36-40(42)2)64-52-26-11-9-24-50(52)63(51-25-10-12-27-53(51)64)43-31-33-54-56(38-43)46-20-7-8-23-49(46)65-55-34-30-41-18-5-6-19-45(41)66(55)68(67(54)65)59-28-15-13-21-47(59)48-22-14-16-29-60(48)68/h3-39H,1H2,2H3/b17-4-. The molecule has 69 heavy (non-hydrogen) atoms. The Morgan fingerprint density at radius 2 is 0.928 bits per heavy atom. The maximum Gasteiger partial charge on any atom is 0.135 e. The molecule has 0 amide bonds. The number of rotatable bonds is 4. The fraction of sp³-hybridized carbons (Fsp3) is 0.0294. The maximum absolute atomic E-state index is 6.49. The first-order valence-electron chi connectivity index (χ1n) is 24.0. The third-order valence-electron chi connectivity index (χ3n) is 15.7. The summed E-state index contributed by atoms with van der Waals surface area (Å²) in [7, 11) is 0. The summed E-state index contributed by atoms with van der Waals surface area (Å²) >= 11 is 0. The summed E-state index contributed by atoms with van der Waals surface area (Å²) in [5, 5.41) is 14.8. The SMILES string of the molecule is C=C/C=C\c1cc2c(cc1C)oc1ccc(-c3c4ccccc4c(-c4ccc5c6c(c7ccccc7c5c4)-c4ccc5ccccc5c4C64c5ccccc5-c5ccccc54)c4ccccc34)cc12. The molecule has 12 aromatic carbocycles. The van der Waals surface area contributed by atoms with E-state index in [4.69, 9.17) is 4.42 Å². The first kappa shape index (κ1) is 38.3. The number of aryl methyl sites for hydroxylation is 1. The van der Waals surface area contributed by atoms with E-state index in [1.54, 1.807) is 0 Å². The molecule has 0 aliphatic heterocycles. The van der Waals surface area contributed by atoms with E-state index in [0.29, 0.717) is 0 Å². The van der Waals surface area contributed by atoms with Crippen LogP contribution >= 0.6 is 0 Å². The van der Waals surface area contributed by atoms with Crippen molar-refractivity contribution >= 4 is 81.9 Å². The quantitative estimate of drug-likeness (QED) is 0.0975. The van der Waals surface area contributed by atoms with Crippen molar-refractivity contribution in [2.75, 3.05) is 0 Å². The summed E-state index contributed by atoms with van der Waals surface area (Å²) in [4.78, 5) is 0. The Morgan fingerprint density at radius 1 is 0.391 bits per heavy atom. The Morgan fingerprint density at radius 3 is 1.58 bits per heavy atom. The monoisotopic (exact) mass is 874 g/mol. The summed E-state index contributed by atoms with van der Waals surface area (Å²) in [5.74, 6) is 0. The average molecular weight is 875 g/mol. The first-order chi connectivity index (χ1) is 34.1. The van der Waals surface area contributed by atoms with Crippen molar-refractivity contribution in [3.63, 3.8) is 0 Å². The third kappa shape index (κ3) is 5.04. The Kier molecular flexibility index (Phi) is 7.85. The van der Waals surface area contributed by atoms with Gasteiger partial charge in [0, 0.05) is 10.8 Å². The Bertz CT molecular complexity index is 4360. The van der Waals surface area contributed by atoms with Crippen LogP contribution in [0.3, 0.4) is 0 Å². The van der Waals surface area contributed by atoms with Crippen molar-refractivity contribution in [3.05, 3.63) is 258 Å². The molecule has 2 aliphatic carbocycles. The van der Waals surface area contributed by atoms with Gasteiger partial charge < -0.3 is 4.42 Å². The van der Waals surface area contributed by atoms with Gasteiger partial charge in [0.15, 0.2) is 0 Å². The smallest absolute Gasteiger partial charge is 0.135 e. The van der Waals surface area contributed by atoms with Gasteiger partial charge >= 0.3 is 0 Å². The molecule has 0 atom stereocenters. The van der Waals surface area contributed by atoms with Gasteiger partial charge in [0.05, 0.1) is 5.41 Å². The van der Waals surface area contributed by atoms with Crippen molar-refractivity contribution < 1.29 is 4.42 Å². The molecule has 15 rings (SSSR count). The largest absolute Gasteiger partial charge is 0.456 e. The molecular weight excluding hydrogens is 833 g/mol. The average Bonchev–Trinajstić information content (AvgIpc) is 4.03. The second-order valence-electron chi connectivity index (χ2n) is 19.1. The number of allylic oxidation sites excluding steroid dienone is 2. The summed E-state index contributed by atoms with van der Waals surface area (Å²) < 4.78 is 6.49. The molecule has 2 aliphatic rings. The summed E-state index contributed by atoms with van der Waals surface area (Å²) in [6.07, 6.45) is 5.95. The molecular formula is C68H42O. The summed E-state index contributed by atoms with van der Waals surface area (Å²) in [6.45, 7) is 6.04. The van der Waals surface area contributed by atoms with Crippen molar-refractivity contribution in [2.45, 2.75) is 12.3 Å². The molecule has 0 N–H and O–H groups in total. The van der Waals surface area contributed by atoms with Gasteiger partial charge in [-0.05, 0) is 169 Å². The van der Waals surface area contributed by atoms with Gasteiger partial charge in [0.1, 0.15) is 11.2 Å². The van der Waals surface area contributed by atoms with Crippen LogP contribution in [-0.4, -0.2) is 0 Å². The molecule has 320 valence electrons. The van der Waals surface area contributed by atoms with E-state index in [2.05, 4.69) is 226 Å². The van der Waals surface area contributed by atoms with Gasteiger partial charge in [-0.2, -0.15) is 0 Å². The fourth-order valence-electron chi connectivity index (χ4n) is 13.0. The van der Waals surface area contributed by atoms with Crippen molar-refractivity contribution in [1.29, 1.82) is 0 Å². The van der Waals surface area contributed by atoms with Crippen LogP contribution in [0.2, 0.25) is 0 Å². The number of benzene rings is 12. The van der Waals surface area contributed by atoms with E-state index in [0.717, 1.165) is 27.5 Å². The van der Waals surface area contributed by atoms with E-state index < -0.39 is 5.41 Å². The summed E-state index contributed by atoms with van der Waals surface area (Å²) in [6, 6.07) is 77.8. The Balaban J connectivity index is 1.02. The predicted molar refractivity (Wildman–Crippen MR) is 292 cm³/mol. The molecule has 0 bridgehead atoms. The number of hydrogen-bond donors (Lipinski definition) is 0. The van der Waals surface area contributed by atoms with Crippen molar-refractivity contribution in [2.24, 2.45) is 0 Å². The number of hydrogen-bond acceptors (Lipinski definition) is 1. The van der Waals surface area contributed by atoms with E-state index >= 15 is 0 Å². The summed E-state index contributed by atoms with van der Waals surface area (Å²) in [5.41, 5.74) is 19.3. The van der Waals surface area contributed by atoms with E-state index in [-0.39, 0.29) is 0 Å². The van der Waals surface area contributed by atoms with Gasteiger partial charge in [-0.15, -0.1) is 0 Å². The van der Waals surface area contributed by atoms with Crippen molar-refractivity contribution in [1.82, 2.24) is 0 Å². The molecule has 0 saturated heterocycles. The predicted octanol–water partition coefficient (Wildman–Crippen LogP) is 18.5. The lowest BCUT2D eigenvalue weighted by molar-refractivity contribution is 0.668. The van der Waals surface area contributed by atoms with Crippen LogP contribution in [0.1, 0.15) is 33.4 Å². The van der Waals surface area contributed by atoms with Crippen LogP contribution in [0.5, 0.6) is 0 Å². The lowest BCUT2D eigenvalue weighted by Crippen LogP contribution is -2.26. The highest BCUT2D eigenvalue weighted by atomic mass is 16.3. The van der Waals surface area contributed by atoms with E-state index in [9.17, 15) is 0 Å². The van der Waals surface area contributed by atoms with E-state index in [1.807, 2.05) is 12.2 Å². The highest BCUT2D eigenvalue weighted by Crippen LogP contribution is 2.66. The third-order valence-corrected chi connectivity index (χ3v) is 15.7. The van der Waals surface area contributed by atoms with Gasteiger partial charge in [-0.25, -0.2) is 0 Å². The molecule has 1 spiro atoms. The van der Waals surface area contributed by atoms with Gasteiger partial charge in [-0.1, -0.05) is 201 Å². The van der Waals surface area contributed by atoms with Crippen LogP contribution < -0.4 is 0 Å². The molecule has 0 saturated carbocycles. The first-order valence-corrected chi connectivity index (χ1v) is 24.0. The van der Waals surface area contributed by atoms with Crippen LogP contribution in [0.4, 0.5) is 0 Å². The minimum Gasteiger partial charge on any atom is -0.456 e. The second-order valence-corrected chi connectivity index (χ2v) is 19.1. The highest BCUT2D eigenvalue weighted by Gasteiger charge is 2.53. The van der Waals surface area contributed by atoms with Gasteiger partial charge in [-0.3, -0.25) is 0 Å². The highest BCUT2D eigenvalue weighted by molar-refractivity contribution is 6.25. The zero-order valence-corrected chi connectivity index (χ0v) is 38.0. The molecule has 1 aromatic heterocycles. The van der Waals surface area contributed by atoms with Crippen molar-refractivity contribution in [3.8, 4) is 44.5 Å². The molecule has 1 heteroatoms. The van der Waals surface area contributed by atoms with Crippen LogP contribution in [0.15, 0.2) is 229 Å². The van der Waals surface area contributed by atoms with Crippen LogP contribution in [0, 0.1) is 6.92 Å². The number of fused-ring (bicyclic) bond motifs is 22. The van der Waals surface area contributed by atoms with Crippen LogP contribution in [-0.2, 0) is 5.41 Å². The fourth-order valence-corrected chi connectivity index (χ4v) is 13.0. The molecule has 0 unspecified atom stereocenters. The zero-order valence-electron chi connectivity index (χ0n) is 38.0. The molecule has 0 fully saturated rings. The van der Waals surface area contributed by atoms with Gasteiger partial charge in [0.25, 0.3) is 0 Å². The molecule has 0 radical (unpaired) electrons. The van der Waals surface area contributed by atoms with Gasteiger partial charge in [0.2, 0.25) is 0 Å². The zero-order chi connectivity index (χ0) is 45.5. The topological polar surface area (TPSA) is 13.1 Å². The molecule has 1 nitrogen and oxygen atoms in total. The second kappa shape index (κ2) is 14.1. The Labute approximate surface area is 399 Å². The molecule has 13 aromatic rings. The van der Waals surface area contributed by atoms with Crippen LogP contribution in [0.25, 0.3) is 126 Å². The maximum atomic E-state index is 6.49. The normalized spacial score (nSPS) is 13.4. The number of furan rings is 1. The lowest BCUT2D eigenvalue weighted by Gasteiger charge is -2.32. The minimum atomic E-state index is -0.520. The lowest BCUT2D eigenvalue weighted by atomic mass is 9.68.